The lowest BCUT2D eigenvalue weighted by Crippen LogP contribution is -2.43. The van der Waals surface area contributed by atoms with E-state index in [1.54, 1.807) is 0 Å². The van der Waals surface area contributed by atoms with Crippen LogP contribution < -0.4 is 5.32 Å². The number of nitro groups is 1. The van der Waals surface area contributed by atoms with Gasteiger partial charge in [0, 0.05) is 12.1 Å². The largest absolute Gasteiger partial charge is 0.352 e. The maximum atomic E-state index is 12.4. The predicted molar refractivity (Wildman–Crippen MR) is 90.2 cm³/mol. The molecule has 8 heteroatoms. The lowest BCUT2D eigenvalue weighted by atomic mass is 10.1. The number of hydrogen-bond donors (Lipinski definition) is 1. The Bertz CT molecular complexity index is 716. The molecule has 0 bridgehead atoms. The Morgan fingerprint density at radius 3 is 2.64 bits per heavy atom. The van der Waals surface area contributed by atoms with Crippen LogP contribution in [0.1, 0.15) is 60.2 Å². The minimum absolute atomic E-state index is 0.0389. The van der Waals surface area contributed by atoms with Crippen molar-refractivity contribution in [3.05, 3.63) is 39.4 Å². The zero-order valence-corrected chi connectivity index (χ0v) is 14.3. The first-order valence-electron chi connectivity index (χ1n) is 8.29. The summed E-state index contributed by atoms with van der Waals surface area (Å²) in [7, 11) is 0. The zero-order valence-electron chi connectivity index (χ0n) is 14.3. The number of nitrogens with one attached hydrogen (secondary N) is 1. The number of rotatable bonds is 8. The molecule has 3 amide bonds. The van der Waals surface area contributed by atoms with Gasteiger partial charge in [-0.2, -0.15) is 0 Å². The van der Waals surface area contributed by atoms with Gasteiger partial charge in [-0.25, -0.2) is 0 Å². The summed E-state index contributed by atoms with van der Waals surface area (Å²) in [6.07, 6.45) is 3.95. The van der Waals surface area contributed by atoms with Crippen molar-refractivity contribution in [1.29, 1.82) is 0 Å². The first-order chi connectivity index (χ1) is 11.9. The fourth-order valence-electron chi connectivity index (χ4n) is 2.85. The monoisotopic (exact) mass is 347 g/mol. The molecule has 0 unspecified atom stereocenters. The number of fused-ring (bicyclic) bond motifs is 1. The van der Waals surface area contributed by atoms with Crippen LogP contribution in [0.5, 0.6) is 0 Å². The van der Waals surface area contributed by atoms with Crippen molar-refractivity contribution in [2.24, 2.45) is 0 Å². The summed E-state index contributed by atoms with van der Waals surface area (Å²) in [6.45, 7) is 3.51. The maximum absolute atomic E-state index is 12.4. The second kappa shape index (κ2) is 7.87. The SMILES string of the molecule is CCCCC[C@@H](C)NC(=O)CN1C(=O)c2cccc([N+](=O)[O-])c2C1=O. The van der Waals surface area contributed by atoms with Crippen molar-refractivity contribution in [1.82, 2.24) is 10.2 Å². The van der Waals surface area contributed by atoms with Crippen LogP contribution in [0.15, 0.2) is 18.2 Å². The number of amides is 3. The predicted octanol–water partition coefficient (Wildman–Crippen LogP) is 2.28. The van der Waals surface area contributed by atoms with Gasteiger partial charge >= 0.3 is 0 Å². The molecule has 0 radical (unpaired) electrons. The summed E-state index contributed by atoms with van der Waals surface area (Å²) >= 11 is 0. The van der Waals surface area contributed by atoms with E-state index in [9.17, 15) is 24.5 Å². The van der Waals surface area contributed by atoms with Gasteiger partial charge in [-0.05, 0) is 19.4 Å². The van der Waals surface area contributed by atoms with Crippen molar-refractivity contribution in [3.63, 3.8) is 0 Å². The second-order valence-electron chi connectivity index (χ2n) is 6.12. The van der Waals surface area contributed by atoms with Crippen LogP contribution >= 0.6 is 0 Å². The average molecular weight is 347 g/mol. The van der Waals surface area contributed by atoms with Gasteiger partial charge in [0.25, 0.3) is 17.5 Å². The summed E-state index contributed by atoms with van der Waals surface area (Å²) in [4.78, 5) is 47.9. The number of carbonyl (C=O) groups is 3. The number of nitrogens with zero attached hydrogens (tertiary/aromatic N) is 2. The van der Waals surface area contributed by atoms with Gasteiger partial charge in [0.1, 0.15) is 12.1 Å². The number of imide groups is 1. The highest BCUT2D eigenvalue weighted by Crippen LogP contribution is 2.30. The Morgan fingerprint density at radius 2 is 2.00 bits per heavy atom. The number of nitro benzene ring substituents is 1. The number of unbranched alkanes of at least 4 members (excludes halogenated alkanes) is 2. The van der Waals surface area contributed by atoms with Crippen molar-refractivity contribution in [2.75, 3.05) is 6.54 Å². The molecule has 0 fully saturated rings. The van der Waals surface area contributed by atoms with Crippen molar-refractivity contribution >= 4 is 23.4 Å². The van der Waals surface area contributed by atoms with Crippen molar-refractivity contribution in [3.8, 4) is 0 Å². The molecule has 0 aliphatic carbocycles. The van der Waals surface area contributed by atoms with Crippen LogP contribution in [0.2, 0.25) is 0 Å². The quantitative estimate of drug-likeness (QED) is 0.336. The van der Waals surface area contributed by atoms with Gasteiger partial charge in [-0.15, -0.1) is 0 Å². The number of carbonyl (C=O) groups excluding carboxylic acids is 3. The second-order valence-corrected chi connectivity index (χ2v) is 6.12. The molecule has 0 saturated heterocycles. The Labute approximate surface area is 145 Å². The van der Waals surface area contributed by atoms with Gasteiger partial charge in [-0.3, -0.25) is 29.4 Å². The average Bonchev–Trinajstić information content (AvgIpc) is 2.80. The molecule has 1 aliphatic heterocycles. The van der Waals surface area contributed by atoms with Gasteiger partial charge in [0.15, 0.2) is 0 Å². The maximum Gasteiger partial charge on any atom is 0.282 e. The highest BCUT2D eigenvalue weighted by molar-refractivity contribution is 6.24. The Hall–Kier alpha value is -2.77. The molecule has 2 rings (SSSR count). The summed E-state index contributed by atoms with van der Waals surface area (Å²) in [5, 5.41) is 13.8. The van der Waals surface area contributed by atoms with E-state index < -0.39 is 34.9 Å². The Balaban J connectivity index is 2.06. The van der Waals surface area contributed by atoms with Crippen LogP contribution in [-0.2, 0) is 4.79 Å². The molecule has 0 spiro atoms. The van der Waals surface area contributed by atoms with Gasteiger partial charge in [-0.1, -0.05) is 32.3 Å². The molecular formula is C17H21N3O5. The third-order valence-electron chi connectivity index (χ3n) is 4.12. The third-order valence-corrected chi connectivity index (χ3v) is 4.12. The van der Waals surface area contributed by atoms with E-state index in [0.717, 1.165) is 30.6 Å². The summed E-state index contributed by atoms with van der Waals surface area (Å²) in [6, 6.07) is 3.81. The van der Waals surface area contributed by atoms with E-state index in [1.807, 2.05) is 6.92 Å². The van der Waals surface area contributed by atoms with Gasteiger partial charge in [0.05, 0.1) is 10.5 Å². The molecular weight excluding hydrogens is 326 g/mol. The minimum atomic E-state index is -0.805. The highest BCUT2D eigenvalue weighted by atomic mass is 16.6. The molecule has 1 aromatic rings. The highest BCUT2D eigenvalue weighted by Gasteiger charge is 2.41. The smallest absolute Gasteiger partial charge is 0.282 e. The summed E-state index contributed by atoms with van der Waals surface area (Å²) in [5.41, 5.74) is -0.712. The van der Waals surface area contributed by atoms with Crippen LogP contribution in [0, 0.1) is 10.1 Å². The number of hydrogen-bond acceptors (Lipinski definition) is 5. The summed E-state index contributed by atoms with van der Waals surface area (Å²) < 4.78 is 0. The van der Waals surface area contributed by atoms with Crippen molar-refractivity contribution in [2.45, 2.75) is 45.6 Å². The van der Waals surface area contributed by atoms with E-state index in [1.165, 1.54) is 18.2 Å². The van der Waals surface area contributed by atoms with E-state index >= 15 is 0 Å². The molecule has 1 atom stereocenters. The van der Waals surface area contributed by atoms with Crippen LogP contribution in [0.3, 0.4) is 0 Å². The fourth-order valence-corrected chi connectivity index (χ4v) is 2.85. The van der Waals surface area contributed by atoms with E-state index in [0.29, 0.717) is 0 Å². The van der Waals surface area contributed by atoms with Crippen LogP contribution in [0.4, 0.5) is 5.69 Å². The topological polar surface area (TPSA) is 110 Å². The Morgan fingerprint density at radius 1 is 1.28 bits per heavy atom. The molecule has 25 heavy (non-hydrogen) atoms. The summed E-state index contributed by atoms with van der Waals surface area (Å²) in [5.74, 6) is -1.94. The molecule has 1 aliphatic rings. The first kappa shape index (κ1) is 18.6. The molecule has 0 saturated carbocycles. The lowest BCUT2D eigenvalue weighted by Gasteiger charge is -2.17. The van der Waals surface area contributed by atoms with Crippen molar-refractivity contribution < 1.29 is 19.3 Å². The molecule has 134 valence electrons. The molecule has 1 heterocycles. The molecule has 0 aromatic heterocycles. The minimum Gasteiger partial charge on any atom is -0.352 e. The Kier molecular flexibility index (Phi) is 5.84. The van der Waals surface area contributed by atoms with Crippen LogP contribution in [-0.4, -0.2) is 40.1 Å². The van der Waals surface area contributed by atoms with Crippen LogP contribution in [0.25, 0.3) is 0 Å². The van der Waals surface area contributed by atoms with Gasteiger partial charge < -0.3 is 5.32 Å². The van der Waals surface area contributed by atoms with E-state index in [2.05, 4.69) is 12.2 Å². The fraction of sp³-hybridized carbons (Fsp3) is 0.471. The van der Waals surface area contributed by atoms with E-state index in [4.69, 9.17) is 0 Å². The third kappa shape index (κ3) is 4.01. The van der Waals surface area contributed by atoms with E-state index in [-0.39, 0.29) is 17.2 Å². The molecule has 1 aromatic carbocycles. The first-order valence-corrected chi connectivity index (χ1v) is 8.29. The molecule has 1 N–H and O–H groups in total. The number of benzene rings is 1. The molecule has 8 nitrogen and oxygen atoms in total. The standard InChI is InChI=1S/C17H21N3O5/c1-3-4-5-7-11(2)18-14(21)10-19-16(22)12-8-6-9-13(20(24)25)15(12)17(19)23/h6,8-9,11H,3-5,7,10H2,1-2H3,(H,18,21)/t11-/m1/s1. The van der Waals surface area contributed by atoms with Gasteiger partial charge in [0.2, 0.25) is 5.91 Å². The normalized spacial score (nSPS) is 14.4. The zero-order chi connectivity index (χ0) is 18.6. The lowest BCUT2D eigenvalue weighted by molar-refractivity contribution is -0.385.